The number of aromatic nitrogens is 2. The average Bonchev–Trinajstić information content (AvgIpc) is 3.04. The fourth-order valence-electron chi connectivity index (χ4n) is 3.81. The van der Waals surface area contributed by atoms with Crippen molar-refractivity contribution in [3.05, 3.63) is 41.0 Å². The highest BCUT2D eigenvalue weighted by Gasteiger charge is 2.30. The van der Waals surface area contributed by atoms with E-state index in [2.05, 4.69) is 40.2 Å². The predicted octanol–water partition coefficient (Wildman–Crippen LogP) is 2.25. The standard InChI is InChI=1S/C19H24N4O3/c1-12-9-23(11-17(25-12)19-20-13(2)21-26-19)10-14-4-6-16-15(8-14)5-7-18(24)22(16)3/h4,6,8,12,17H,5,7,9-11H2,1-3H3/t12-,17-/m1/s1. The lowest BCUT2D eigenvalue weighted by atomic mass is 9.99. The highest BCUT2D eigenvalue weighted by Crippen LogP contribution is 2.29. The summed E-state index contributed by atoms with van der Waals surface area (Å²) in [5.74, 6) is 1.36. The molecule has 0 radical (unpaired) electrons. The van der Waals surface area contributed by atoms with Gasteiger partial charge in [0, 0.05) is 38.8 Å². The van der Waals surface area contributed by atoms with Gasteiger partial charge in [-0.25, -0.2) is 0 Å². The number of benzene rings is 1. The van der Waals surface area contributed by atoms with Gasteiger partial charge in [0.15, 0.2) is 5.82 Å². The van der Waals surface area contributed by atoms with Crippen LogP contribution in [-0.2, 0) is 22.5 Å². The minimum absolute atomic E-state index is 0.0994. The third-order valence-corrected chi connectivity index (χ3v) is 5.05. The third-order valence-electron chi connectivity index (χ3n) is 5.05. The molecule has 26 heavy (non-hydrogen) atoms. The molecule has 1 amide bonds. The van der Waals surface area contributed by atoms with Gasteiger partial charge in [-0.1, -0.05) is 17.3 Å². The highest BCUT2D eigenvalue weighted by atomic mass is 16.5. The minimum Gasteiger partial charge on any atom is -0.363 e. The number of rotatable bonds is 3. The summed E-state index contributed by atoms with van der Waals surface area (Å²) in [7, 11) is 1.85. The largest absolute Gasteiger partial charge is 0.363 e. The number of carbonyl (C=O) groups is 1. The molecule has 4 rings (SSSR count). The van der Waals surface area contributed by atoms with Gasteiger partial charge in [-0.3, -0.25) is 9.69 Å². The van der Waals surface area contributed by atoms with E-state index >= 15 is 0 Å². The zero-order valence-corrected chi connectivity index (χ0v) is 15.4. The van der Waals surface area contributed by atoms with Crippen molar-refractivity contribution in [2.45, 2.75) is 45.4 Å². The van der Waals surface area contributed by atoms with Crippen molar-refractivity contribution in [1.29, 1.82) is 0 Å². The van der Waals surface area contributed by atoms with E-state index in [9.17, 15) is 4.79 Å². The molecule has 1 saturated heterocycles. The molecule has 1 aromatic heterocycles. The van der Waals surface area contributed by atoms with Crippen LogP contribution in [0.2, 0.25) is 0 Å². The van der Waals surface area contributed by atoms with Gasteiger partial charge < -0.3 is 14.2 Å². The maximum absolute atomic E-state index is 11.9. The van der Waals surface area contributed by atoms with Crippen molar-refractivity contribution in [3.8, 4) is 0 Å². The monoisotopic (exact) mass is 356 g/mol. The van der Waals surface area contributed by atoms with E-state index in [1.165, 1.54) is 11.1 Å². The van der Waals surface area contributed by atoms with Gasteiger partial charge in [0.25, 0.3) is 5.89 Å². The summed E-state index contributed by atoms with van der Waals surface area (Å²) in [5.41, 5.74) is 3.52. The number of aryl methyl sites for hydroxylation is 2. The van der Waals surface area contributed by atoms with Gasteiger partial charge in [-0.05, 0) is 37.5 Å². The van der Waals surface area contributed by atoms with Crippen LogP contribution in [0.4, 0.5) is 5.69 Å². The summed E-state index contributed by atoms with van der Waals surface area (Å²) in [6.45, 7) is 6.30. The molecular formula is C19H24N4O3. The van der Waals surface area contributed by atoms with Crippen LogP contribution in [0.15, 0.2) is 22.7 Å². The predicted molar refractivity (Wildman–Crippen MR) is 95.8 cm³/mol. The topological polar surface area (TPSA) is 71.7 Å². The van der Waals surface area contributed by atoms with Gasteiger partial charge in [-0.15, -0.1) is 0 Å². The van der Waals surface area contributed by atoms with Crippen LogP contribution in [0.25, 0.3) is 0 Å². The fourth-order valence-corrected chi connectivity index (χ4v) is 3.81. The van der Waals surface area contributed by atoms with Gasteiger partial charge in [-0.2, -0.15) is 4.98 Å². The van der Waals surface area contributed by atoms with Crippen LogP contribution < -0.4 is 4.90 Å². The first-order valence-corrected chi connectivity index (χ1v) is 9.06. The summed E-state index contributed by atoms with van der Waals surface area (Å²) >= 11 is 0. The molecule has 1 aromatic carbocycles. The lowest BCUT2D eigenvalue weighted by Crippen LogP contribution is -2.42. The number of hydrogen-bond acceptors (Lipinski definition) is 6. The Morgan fingerprint density at radius 1 is 1.27 bits per heavy atom. The van der Waals surface area contributed by atoms with Gasteiger partial charge in [0.1, 0.15) is 6.10 Å². The number of anilines is 1. The van der Waals surface area contributed by atoms with Gasteiger partial charge in [0.2, 0.25) is 5.91 Å². The Kier molecular flexibility index (Phi) is 4.50. The molecule has 1 fully saturated rings. The molecule has 0 unspecified atom stereocenters. The van der Waals surface area contributed by atoms with Crippen molar-refractivity contribution in [2.75, 3.05) is 25.0 Å². The van der Waals surface area contributed by atoms with Crippen molar-refractivity contribution < 1.29 is 14.1 Å². The van der Waals surface area contributed by atoms with Crippen molar-refractivity contribution in [3.63, 3.8) is 0 Å². The first-order chi connectivity index (χ1) is 12.5. The maximum Gasteiger partial charge on any atom is 0.257 e. The van der Waals surface area contributed by atoms with E-state index in [1.807, 2.05) is 14.0 Å². The van der Waals surface area contributed by atoms with E-state index in [-0.39, 0.29) is 18.1 Å². The summed E-state index contributed by atoms with van der Waals surface area (Å²) in [6.07, 6.45) is 1.30. The number of carbonyl (C=O) groups excluding carboxylic acids is 1. The molecule has 7 heteroatoms. The molecule has 2 aliphatic rings. The van der Waals surface area contributed by atoms with Crippen LogP contribution in [0, 0.1) is 6.92 Å². The molecular weight excluding hydrogens is 332 g/mol. The molecule has 0 bridgehead atoms. The van der Waals surface area contributed by atoms with Crippen LogP contribution in [-0.4, -0.2) is 47.2 Å². The Hall–Kier alpha value is -2.25. The third kappa shape index (κ3) is 3.37. The second-order valence-corrected chi connectivity index (χ2v) is 7.23. The van der Waals surface area contributed by atoms with Crippen molar-refractivity contribution in [2.24, 2.45) is 0 Å². The number of ether oxygens (including phenoxy) is 1. The van der Waals surface area contributed by atoms with Crippen LogP contribution in [0.5, 0.6) is 0 Å². The van der Waals surface area contributed by atoms with E-state index in [4.69, 9.17) is 9.26 Å². The van der Waals surface area contributed by atoms with Crippen LogP contribution in [0.3, 0.4) is 0 Å². The van der Waals surface area contributed by atoms with Gasteiger partial charge in [0.05, 0.1) is 6.10 Å². The molecule has 0 N–H and O–H groups in total. The van der Waals surface area contributed by atoms with Crippen molar-refractivity contribution in [1.82, 2.24) is 15.0 Å². The second-order valence-electron chi connectivity index (χ2n) is 7.23. The quantitative estimate of drug-likeness (QED) is 0.840. The smallest absolute Gasteiger partial charge is 0.257 e. The number of amides is 1. The average molecular weight is 356 g/mol. The Morgan fingerprint density at radius 2 is 2.12 bits per heavy atom. The molecule has 2 aromatic rings. The Balaban J connectivity index is 1.49. The Morgan fingerprint density at radius 3 is 2.88 bits per heavy atom. The van der Waals surface area contributed by atoms with E-state index in [1.54, 1.807) is 4.90 Å². The number of fused-ring (bicyclic) bond motifs is 1. The Bertz CT molecular complexity index is 819. The molecule has 0 saturated carbocycles. The lowest BCUT2D eigenvalue weighted by molar-refractivity contribution is -0.118. The fraction of sp³-hybridized carbons (Fsp3) is 0.526. The van der Waals surface area contributed by atoms with Crippen molar-refractivity contribution >= 4 is 11.6 Å². The lowest BCUT2D eigenvalue weighted by Gasteiger charge is -2.35. The first kappa shape index (κ1) is 17.2. The minimum atomic E-state index is -0.193. The molecule has 3 heterocycles. The van der Waals surface area contributed by atoms with Gasteiger partial charge >= 0.3 is 0 Å². The normalized spacial score (nSPS) is 24.0. The molecule has 0 aliphatic carbocycles. The van der Waals surface area contributed by atoms with E-state index in [0.717, 1.165) is 31.7 Å². The SMILES string of the molecule is Cc1noc([C@H]2CN(Cc3ccc4c(c3)CCC(=O)N4C)C[C@@H](C)O2)n1. The summed E-state index contributed by atoms with van der Waals surface area (Å²) in [5, 5.41) is 3.87. The Labute approximate surface area is 152 Å². The summed E-state index contributed by atoms with van der Waals surface area (Å²) in [6, 6.07) is 6.40. The summed E-state index contributed by atoms with van der Waals surface area (Å²) in [4.78, 5) is 20.3. The number of morpholine rings is 1. The zero-order chi connectivity index (χ0) is 18.3. The second kappa shape index (κ2) is 6.81. The maximum atomic E-state index is 11.9. The first-order valence-electron chi connectivity index (χ1n) is 9.06. The number of nitrogens with zero attached hydrogens (tertiary/aromatic N) is 4. The molecule has 2 aliphatic heterocycles. The van der Waals surface area contributed by atoms with Crippen LogP contribution >= 0.6 is 0 Å². The van der Waals surface area contributed by atoms with E-state index in [0.29, 0.717) is 18.1 Å². The molecule has 0 spiro atoms. The molecule has 7 nitrogen and oxygen atoms in total. The van der Waals surface area contributed by atoms with E-state index < -0.39 is 0 Å². The summed E-state index contributed by atoms with van der Waals surface area (Å²) < 4.78 is 11.3. The highest BCUT2D eigenvalue weighted by molar-refractivity contribution is 5.95. The molecule has 138 valence electrons. The zero-order valence-electron chi connectivity index (χ0n) is 15.4. The molecule has 2 atom stereocenters. The van der Waals surface area contributed by atoms with Crippen LogP contribution in [0.1, 0.15) is 42.3 Å². The number of hydrogen-bond donors (Lipinski definition) is 0.